The fourth-order valence-corrected chi connectivity index (χ4v) is 1.38. The van der Waals surface area contributed by atoms with Crippen molar-refractivity contribution in [3.63, 3.8) is 0 Å². The number of nitrogens with one attached hydrogen (secondary N) is 1. The van der Waals surface area contributed by atoms with Crippen molar-refractivity contribution >= 4 is 6.21 Å². The summed E-state index contributed by atoms with van der Waals surface area (Å²) in [5, 5.41) is 3.29. The maximum absolute atomic E-state index is 4.20. The van der Waals surface area contributed by atoms with Crippen LogP contribution in [0.4, 0.5) is 0 Å². The predicted molar refractivity (Wildman–Crippen MR) is 37.2 cm³/mol. The van der Waals surface area contributed by atoms with E-state index in [-0.39, 0.29) is 0 Å². The Hall–Kier alpha value is -0.790. The van der Waals surface area contributed by atoms with E-state index < -0.39 is 0 Å². The van der Waals surface area contributed by atoms with Crippen LogP contribution in [0.2, 0.25) is 0 Å². The van der Waals surface area contributed by atoms with Gasteiger partial charge in [-0.15, -0.1) is 0 Å². The highest BCUT2D eigenvalue weighted by atomic mass is 14.9. The molecule has 0 saturated carbocycles. The molecular formula is C7H10N2+. The Kier molecular flexibility index (Phi) is 1.04. The molecule has 0 bridgehead atoms. The smallest absolute Gasteiger partial charge is 0.218 e. The second-order valence-electron chi connectivity index (χ2n) is 2.58. The molecule has 2 aliphatic rings. The molecule has 0 aromatic carbocycles. The lowest BCUT2D eigenvalue weighted by Crippen LogP contribution is -2.34. The first kappa shape index (κ1) is 5.03. The van der Waals surface area contributed by atoms with Crippen molar-refractivity contribution in [3.05, 3.63) is 12.3 Å². The van der Waals surface area contributed by atoms with Gasteiger partial charge in [-0.2, -0.15) is 0 Å². The normalized spacial score (nSPS) is 38.2. The van der Waals surface area contributed by atoms with Crippen LogP contribution < -0.4 is 10.3 Å². The van der Waals surface area contributed by atoms with E-state index in [2.05, 4.69) is 16.4 Å². The van der Waals surface area contributed by atoms with Gasteiger partial charge in [-0.25, -0.2) is 0 Å². The topological polar surface area (TPSA) is 26.1 Å². The molecule has 47 valence electrons. The highest BCUT2D eigenvalue weighted by molar-refractivity contribution is 5.58. The van der Waals surface area contributed by atoms with E-state index in [1.807, 2.05) is 12.4 Å². The van der Waals surface area contributed by atoms with E-state index in [9.17, 15) is 0 Å². The first-order valence-corrected chi connectivity index (χ1v) is 3.38. The summed E-state index contributed by atoms with van der Waals surface area (Å²) in [6, 6.07) is 0.655. The fraction of sp³-hybridized carbons (Fsp3) is 0.571. The van der Waals surface area contributed by atoms with Crippen molar-refractivity contribution in [1.82, 2.24) is 10.3 Å². The zero-order valence-electron chi connectivity index (χ0n) is 5.25. The van der Waals surface area contributed by atoms with E-state index in [0.29, 0.717) is 12.0 Å². The molecule has 1 radical (unpaired) electrons. The second-order valence-corrected chi connectivity index (χ2v) is 2.58. The number of aliphatic imine (C=N–C) groups is 1. The summed E-state index contributed by atoms with van der Waals surface area (Å²) in [5.41, 5.74) is 0. The van der Waals surface area contributed by atoms with Crippen molar-refractivity contribution in [2.45, 2.75) is 12.5 Å². The number of hydrogen-bond donors (Lipinski definition) is 1. The molecule has 2 aliphatic heterocycles. The summed E-state index contributed by atoms with van der Waals surface area (Å²) in [6.07, 6.45) is 7.37. The SMILES string of the molecule is C1=CC2C[N+]=CCC2N1. The van der Waals surface area contributed by atoms with Crippen molar-refractivity contribution in [1.29, 1.82) is 0 Å². The van der Waals surface area contributed by atoms with Gasteiger partial charge in [0, 0.05) is 11.0 Å². The third kappa shape index (κ3) is 0.745. The number of nitrogens with zero attached hydrogens (tertiary/aromatic N) is 1. The minimum absolute atomic E-state index is 0.655. The molecule has 0 saturated heterocycles. The quantitative estimate of drug-likeness (QED) is 0.477. The molecule has 2 rings (SSSR count). The van der Waals surface area contributed by atoms with Crippen LogP contribution in [0.25, 0.3) is 0 Å². The van der Waals surface area contributed by atoms with Gasteiger partial charge in [-0.1, -0.05) is 6.08 Å². The lowest BCUT2D eigenvalue weighted by atomic mass is 9.98. The molecule has 2 unspecified atom stereocenters. The number of fused-ring (bicyclic) bond motifs is 1. The molecule has 0 aromatic heterocycles. The average Bonchev–Trinajstić information content (AvgIpc) is 2.33. The standard InChI is InChI=1S/C7H10N2/c1-4-9-7-2-3-8-5-6(1)7/h1,3-4,6-7,9H,2,5H2/q+1. The van der Waals surface area contributed by atoms with Crippen LogP contribution in [0.3, 0.4) is 0 Å². The Bertz CT molecular complexity index is 160. The van der Waals surface area contributed by atoms with Crippen LogP contribution >= 0.6 is 0 Å². The van der Waals surface area contributed by atoms with Crippen LogP contribution in [0, 0.1) is 5.92 Å². The van der Waals surface area contributed by atoms with Crippen molar-refractivity contribution < 1.29 is 0 Å². The lowest BCUT2D eigenvalue weighted by molar-refractivity contribution is 0.475. The molecule has 9 heavy (non-hydrogen) atoms. The Morgan fingerprint density at radius 3 is 3.44 bits per heavy atom. The maximum atomic E-state index is 4.20. The van der Waals surface area contributed by atoms with E-state index in [0.717, 1.165) is 13.0 Å². The summed E-state index contributed by atoms with van der Waals surface area (Å²) < 4.78 is 0. The summed E-state index contributed by atoms with van der Waals surface area (Å²) in [6.45, 7) is 0.980. The van der Waals surface area contributed by atoms with Gasteiger partial charge in [-0.05, 0) is 6.20 Å². The first-order valence-electron chi connectivity index (χ1n) is 3.38. The molecule has 0 amide bonds. The lowest BCUT2D eigenvalue weighted by Gasteiger charge is -2.13. The van der Waals surface area contributed by atoms with E-state index in [4.69, 9.17) is 0 Å². The van der Waals surface area contributed by atoms with Gasteiger partial charge in [0.1, 0.15) is 0 Å². The first-order chi connectivity index (χ1) is 4.47. The molecule has 0 fully saturated rings. The molecule has 2 nitrogen and oxygen atoms in total. The zero-order valence-corrected chi connectivity index (χ0v) is 5.25. The van der Waals surface area contributed by atoms with Crippen molar-refractivity contribution in [2.75, 3.05) is 6.54 Å². The minimum atomic E-state index is 0.655. The van der Waals surface area contributed by atoms with Crippen LogP contribution in [0.15, 0.2) is 12.3 Å². The molecule has 2 atom stereocenters. The number of rotatable bonds is 0. The van der Waals surface area contributed by atoms with Crippen molar-refractivity contribution in [2.24, 2.45) is 5.92 Å². The van der Waals surface area contributed by atoms with Crippen LogP contribution in [-0.2, 0) is 0 Å². The second kappa shape index (κ2) is 1.87. The van der Waals surface area contributed by atoms with Gasteiger partial charge in [-0.3, -0.25) is 0 Å². The molecule has 0 aliphatic carbocycles. The van der Waals surface area contributed by atoms with Crippen molar-refractivity contribution in [3.8, 4) is 0 Å². The highest BCUT2D eigenvalue weighted by Gasteiger charge is 2.28. The zero-order chi connectivity index (χ0) is 6.10. The fourth-order valence-electron chi connectivity index (χ4n) is 1.38. The predicted octanol–water partition coefficient (Wildman–Crippen LogP) is -0.102. The summed E-state index contributed by atoms with van der Waals surface area (Å²) >= 11 is 0. The minimum Gasteiger partial charge on any atom is -0.387 e. The van der Waals surface area contributed by atoms with E-state index in [1.54, 1.807) is 0 Å². The van der Waals surface area contributed by atoms with Crippen LogP contribution in [0.1, 0.15) is 6.42 Å². The summed E-state index contributed by atoms with van der Waals surface area (Å²) in [7, 11) is 0. The number of hydrogen-bond acceptors (Lipinski definition) is 2. The maximum Gasteiger partial charge on any atom is 0.218 e. The Morgan fingerprint density at radius 2 is 2.56 bits per heavy atom. The van der Waals surface area contributed by atoms with Crippen LogP contribution in [-0.4, -0.2) is 18.8 Å². The Morgan fingerprint density at radius 1 is 1.56 bits per heavy atom. The highest BCUT2D eigenvalue weighted by Crippen LogP contribution is 2.14. The van der Waals surface area contributed by atoms with Gasteiger partial charge >= 0.3 is 0 Å². The third-order valence-electron chi connectivity index (χ3n) is 1.98. The van der Waals surface area contributed by atoms with Gasteiger partial charge in [0.25, 0.3) is 0 Å². The monoisotopic (exact) mass is 122 g/mol. The molecule has 0 aromatic rings. The molecule has 0 spiro atoms. The van der Waals surface area contributed by atoms with Gasteiger partial charge in [0.15, 0.2) is 0 Å². The van der Waals surface area contributed by atoms with Gasteiger partial charge in [0.2, 0.25) is 12.8 Å². The molecular weight excluding hydrogens is 112 g/mol. The molecule has 2 heterocycles. The van der Waals surface area contributed by atoms with Gasteiger partial charge < -0.3 is 5.32 Å². The van der Waals surface area contributed by atoms with Crippen LogP contribution in [0.5, 0.6) is 0 Å². The Balaban J connectivity index is 2.13. The third-order valence-corrected chi connectivity index (χ3v) is 1.98. The summed E-state index contributed by atoms with van der Waals surface area (Å²) in [5.74, 6) is 0.676. The van der Waals surface area contributed by atoms with E-state index >= 15 is 0 Å². The van der Waals surface area contributed by atoms with E-state index in [1.165, 1.54) is 0 Å². The van der Waals surface area contributed by atoms with Gasteiger partial charge in [0.05, 0.1) is 12.3 Å². The largest absolute Gasteiger partial charge is 0.387 e. The summed E-state index contributed by atoms with van der Waals surface area (Å²) in [4.78, 5) is 4.20. The molecule has 2 heteroatoms. The molecule has 1 N–H and O–H groups in total. The average molecular weight is 122 g/mol. The Labute approximate surface area is 54.7 Å².